The second kappa shape index (κ2) is 6.17. The fourth-order valence-electron chi connectivity index (χ4n) is 2.24. The van der Waals surface area contributed by atoms with E-state index >= 15 is 0 Å². The number of aromatic nitrogens is 1. The quantitative estimate of drug-likeness (QED) is 0.936. The van der Waals surface area contributed by atoms with E-state index in [0.29, 0.717) is 23.3 Å². The van der Waals surface area contributed by atoms with Gasteiger partial charge in [0.05, 0.1) is 6.10 Å². The van der Waals surface area contributed by atoms with E-state index in [0.717, 1.165) is 25.0 Å². The first-order valence-electron chi connectivity index (χ1n) is 6.78. The fourth-order valence-corrected chi connectivity index (χ4v) is 2.37. The standard InChI is InChI=1S/C15H14ClN3O2/c16-11-5-3-10(4-6-11)14-19-13(8-17)15(21-14)18-9-12-2-1-7-20-12/h3-6,12,18H,1-2,7,9H2/t12-/m1/s1. The smallest absolute Gasteiger partial charge is 0.232 e. The van der Waals surface area contributed by atoms with Gasteiger partial charge in [-0.15, -0.1) is 0 Å². The van der Waals surface area contributed by atoms with Crippen LogP contribution in [0.5, 0.6) is 0 Å². The van der Waals surface area contributed by atoms with E-state index < -0.39 is 0 Å². The molecule has 1 aliphatic rings. The molecule has 1 saturated heterocycles. The van der Waals surface area contributed by atoms with Gasteiger partial charge in [-0.05, 0) is 37.1 Å². The molecule has 2 heterocycles. The highest BCUT2D eigenvalue weighted by Crippen LogP contribution is 2.26. The van der Waals surface area contributed by atoms with Gasteiger partial charge in [0.2, 0.25) is 17.5 Å². The van der Waals surface area contributed by atoms with Crippen LogP contribution in [0.25, 0.3) is 11.5 Å². The summed E-state index contributed by atoms with van der Waals surface area (Å²) in [5, 5.41) is 12.9. The van der Waals surface area contributed by atoms with Crippen molar-refractivity contribution < 1.29 is 9.15 Å². The van der Waals surface area contributed by atoms with E-state index in [1.807, 2.05) is 6.07 Å². The summed E-state index contributed by atoms with van der Waals surface area (Å²) in [5.74, 6) is 0.788. The number of benzene rings is 1. The molecule has 1 aromatic heterocycles. The molecule has 0 amide bonds. The predicted octanol–water partition coefficient (Wildman–Crippen LogP) is 3.46. The Morgan fingerprint density at radius 2 is 2.19 bits per heavy atom. The number of nitrogens with one attached hydrogen (secondary N) is 1. The average molecular weight is 304 g/mol. The number of anilines is 1. The lowest BCUT2D eigenvalue weighted by Crippen LogP contribution is -2.18. The Kier molecular flexibility index (Phi) is 4.09. The van der Waals surface area contributed by atoms with Gasteiger partial charge >= 0.3 is 0 Å². The lowest BCUT2D eigenvalue weighted by atomic mass is 10.2. The van der Waals surface area contributed by atoms with Crippen molar-refractivity contribution in [3.05, 3.63) is 35.0 Å². The number of nitriles is 1. The molecule has 0 unspecified atom stereocenters. The number of rotatable bonds is 4. The zero-order chi connectivity index (χ0) is 14.7. The van der Waals surface area contributed by atoms with Crippen molar-refractivity contribution in [2.24, 2.45) is 0 Å². The average Bonchev–Trinajstić information content (AvgIpc) is 3.15. The largest absolute Gasteiger partial charge is 0.419 e. The van der Waals surface area contributed by atoms with Gasteiger partial charge in [0.1, 0.15) is 6.07 Å². The maximum absolute atomic E-state index is 9.15. The van der Waals surface area contributed by atoms with Crippen molar-refractivity contribution in [2.75, 3.05) is 18.5 Å². The third-order valence-electron chi connectivity index (χ3n) is 3.34. The lowest BCUT2D eigenvalue weighted by molar-refractivity contribution is 0.120. The number of hydrogen-bond acceptors (Lipinski definition) is 5. The molecule has 2 aromatic rings. The third-order valence-corrected chi connectivity index (χ3v) is 3.59. The molecule has 108 valence electrons. The predicted molar refractivity (Wildman–Crippen MR) is 79.1 cm³/mol. The van der Waals surface area contributed by atoms with Crippen LogP contribution >= 0.6 is 11.6 Å². The summed E-state index contributed by atoms with van der Waals surface area (Å²) in [6, 6.07) is 9.16. The Bertz CT molecular complexity index is 655. The number of oxazole rings is 1. The topological polar surface area (TPSA) is 71.1 Å². The van der Waals surface area contributed by atoms with Gasteiger partial charge in [-0.2, -0.15) is 10.2 Å². The number of ether oxygens (including phenoxy) is 1. The Labute approximate surface area is 127 Å². The van der Waals surface area contributed by atoms with E-state index in [2.05, 4.69) is 10.3 Å². The molecule has 1 atom stereocenters. The summed E-state index contributed by atoms with van der Waals surface area (Å²) >= 11 is 5.86. The molecule has 1 aliphatic heterocycles. The molecule has 1 N–H and O–H groups in total. The van der Waals surface area contributed by atoms with Crippen molar-refractivity contribution in [3.63, 3.8) is 0 Å². The van der Waals surface area contributed by atoms with Gasteiger partial charge in [-0.25, -0.2) is 0 Å². The molecule has 0 bridgehead atoms. The molecule has 0 radical (unpaired) electrons. The van der Waals surface area contributed by atoms with Gasteiger partial charge in [-0.3, -0.25) is 0 Å². The fraction of sp³-hybridized carbons (Fsp3) is 0.333. The lowest BCUT2D eigenvalue weighted by Gasteiger charge is -2.09. The molecule has 0 spiro atoms. The molecule has 6 heteroatoms. The molecular formula is C15H14ClN3O2. The van der Waals surface area contributed by atoms with Gasteiger partial charge in [0.25, 0.3) is 0 Å². The minimum Gasteiger partial charge on any atom is -0.419 e. The summed E-state index contributed by atoms with van der Waals surface area (Å²) in [7, 11) is 0. The Morgan fingerprint density at radius 3 is 2.86 bits per heavy atom. The Hall–Kier alpha value is -2.03. The summed E-state index contributed by atoms with van der Waals surface area (Å²) in [6.45, 7) is 1.41. The van der Waals surface area contributed by atoms with Crippen LogP contribution < -0.4 is 5.32 Å². The molecule has 3 rings (SSSR count). The monoisotopic (exact) mass is 303 g/mol. The van der Waals surface area contributed by atoms with Crippen molar-refractivity contribution in [1.29, 1.82) is 5.26 Å². The van der Waals surface area contributed by atoms with Crippen molar-refractivity contribution in [2.45, 2.75) is 18.9 Å². The van der Waals surface area contributed by atoms with Crippen LogP contribution in [0, 0.1) is 11.3 Å². The van der Waals surface area contributed by atoms with Crippen LogP contribution in [0.4, 0.5) is 5.88 Å². The molecule has 1 fully saturated rings. The molecule has 1 aromatic carbocycles. The maximum Gasteiger partial charge on any atom is 0.232 e. The van der Waals surface area contributed by atoms with E-state index in [4.69, 9.17) is 26.0 Å². The van der Waals surface area contributed by atoms with E-state index in [1.54, 1.807) is 24.3 Å². The van der Waals surface area contributed by atoms with E-state index in [-0.39, 0.29) is 11.8 Å². The third kappa shape index (κ3) is 3.18. The molecular weight excluding hydrogens is 290 g/mol. The molecule has 0 aliphatic carbocycles. The first kappa shape index (κ1) is 13.9. The minimum absolute atomic E-state index is 0.167. The van der Waals surface area contributed by atoms with Crippen LogP contribution in [0.2, 0.25) is 5.02 Å². The summed E-state index contributed by atoms with van der Waals surface area (Å²) in [5.41, 5.74) is 1.03. The molecule has 21 heavy (non-hydrogen) atoms. The SMILES string of the molecule is N#Cc1nc(-c2ccc(Cl)cc2)oc1NC[C@H]1CCCO1. The second-order valence-electron chi connectivity index (χ2n) is 4.83. The number of hydrogen-bond donors (Lipinski definition) is 1. The maximum atomic E-state index is 9.15. The van der Waals surface area contributed by atoms with Crippen LogP contribution in [0.3, 0.4) is 0 Å². The van der Waals surface area contributed by atoms with Crippen molar-refractivity contribution in [3.8, 4) is 17.5 Å². The first-order chi connectivity index (χ1) is 10.3. The van der Waals surface area contributed by atoms with Gasteiger partial charge in [0.15, 0.2) is 0 Å². The van der Waals surface area contributed by atoms with Crippen molar-refractivity contribution in [1.82, 2.24) is 4.98 Å². The van der Waals surface area contributed by atoms with E-state index in [9.17, 15) is 0 Å². The first-order valence-corrected chi connectivity index (χ1v) is 7.16. The normalized spacial score (nSPS) is 17.6. The van der Waals surface area contributed by atoms with Crippen LogP contribution in [0.1, 0.15) is 18.5 Å². The second-order valence-corrected chi connectivity index (χ2v) is 5.27. The van der Waals surface area contributed by atoms with Crippen LogP contribution in [-0.2, 0) is 4.74 Å². The number of halogens is 1. The molecule has 0 saturated carbocycles. The summed E-state index contributed by atoms with van der Waals surface area (Å²) in [6.07, 6.45) is 2.26. The summed E-state index contributed by atoms with van der Waals surface area (Å²) in [4.78, 5) is 4.20. The number of nitrogens with zero attached hydrogens (tertiary/aromatic N) is 2. The zero-order valence-electron chi connectivity index (χ0n) is 11.3. The zero-order valence-corrected chi connectivity index (χ0v) is 12.1. The Balaban J connectivity index is 1.77. The van der Waals surface area contributed by atoms with Gasteiger partial charge in [-0.1, -0.05) is 11.6 Å². The van der Waals surface area contributed by atoms with E-state index in [1.165, 1.54) is 0 Å². The highest BCUT2D eigenvalue weighted by atomic mass is 35.5. The Morgan fingerprint density at radius 1 is 1.38 bits per heavy atom. The van der Waals surface area contributed by atoms with Gasteiger partial charge < -0.3 is 14.5 Å². The van der Waals surface area contributed by atoms with Crippen molar-refractivity contribution >= 4 is 17.5 Å². The van der Waals surface area contributed by atoms with Gasteiger partial charge in [0, 0.05) is 23.7 Å². The molecule has 5 nitrogen and oxygen atoms in total. The highest BCUT2D eigenvalue weighted by molar-refractivity contribution is 6.30. The minimum atomic E-state index is 0.167. The van der Waals surface area contributed by atoms with Crippen LogP contribution in [-0.4, -0.2) is 24.2 Å². The highest BCUT2D eigenvalue weighted by Gasteiger charge is 2.19. The van der Waals surface area contributed by atoms with Crippen LogP contribution in [0.15, 0.2) is 28.7 Å². The summed E-state index contributed by atoms with van der Waals surface area (Å²) < 4.78 is 11.2.